The van der Waals surface area contributed by atoms with E-state index in [4.69, 9.17) is 9.47 Å². The highest BCUT2D eigenvalue weighted by atomic mass is 16.5. The third-order valence-corrected chi connectivity index (χ3v) is 4.49. The highest BCUT2D eigenvalue weighted by Gasteiger charge is 2.24. The van der Waals surface area contributed by atoms with Gasteiger partial charge >= 0.3 is 0 Å². The molecule has 27 heavy (non-hydrogen) atoms. The largest absolute Gasteiger partial charge is 0.475 e. The van der Waals surface area contributed by atoms with Gasteiger partial charge in [0, 0.05) is 44.8 Å². The highest BCUT2D eigenvalue weighted by molar-refractivity contribution is 6.14. The molecule has 8 heteroatoms. The van der Waals surface area contributed by atoms with Crippen molar-refractivity contribution in [2.24, 2.45) is 9.98 Å². The molecular weight excluding hydrogens is 344 g/mol. The van der Waals surface area contributed by atoms with Crippen LogP contribution >= 0.6 is 0 Å². The van der Waals surface area contributed by atoms with Crippen molar-refractivity contribution >= 4 is 23.3 Å². The average molecular weight is 370 g/mol. The van der Waals surface area contributed by atoms with E-state index in [1.807, 2.05) is 26.0 Å². The molecule has 1 atom stereocenters. The molecule has 8 nitrogen and oxygen atoms in total. The molecule has 1 aliphatic rings. The number of pyridine rings is 1. The smallest absolute Gasteiger partial charge is 0.214 e. The Kier molecular flexibility index (Phi) is 5.85. The van der Waals surface area contributed by atoms with E-state index in [9.17, 15) is 0 Å². The number of methoxy groups -OCH3 is 1. The van der Waals surface area contributed by atoms with Crippen molar-refractivity contribution in [3.8, 4) is 5.88 Å². The lowest BCUT2D eigenvalue weighted by Crippen LogP contribution is -2.22. The molecule has 2 aromatic rings. The summed E-state index contributed by atoms with van der Waals surface area (Å²) < 4.78 is 11.2. The molecule has 0 aromatic carbocycles. The van der Waals surface area contributed by atoms with Gasteiger partial charge in [0.05, 0.1) is 29.6 Å². The third kappa shape index (κ3) is 4.16. The summed E-state index contributed by atoms with van der Waals surface area (Å²) in [5.74, 6) is 1.32. The van der Waals surface area contributed by atoms with Gasteiger partial charge in [-0.1, -0.05) is 0 Å². The molecule has 0 radical (unpaired) electrons. The maximum atomic E-state index is 5.71. The predicted octanol–water partition coefficient (Wildman–Crippen LogP) is 2.43. The van der Waals surface area contributed by atoms with Crippen LogP contribution in [-0.4, -0.2) is 72.0 Å². The minimum Gasteiger partial charge on any atom is -0.475 e. The zero-order valence-electron chi connectivity index (χ0n) is 16.3. The number of nitrogens with one attached hydrogen (secondary N) is 1. The SMILES string of the molecule is C=N/C(=C\C(=NC)c1n[nH]c2cnc(OC(C)C)cc12)N1CC[C@H](OC)C1. The van der Waals surface area contributed by atoms with E-state index in [2.05, 4.69) is 36.8 Å². The van der Waals surface area contributed by atoms with E-state index >= 15 is 0 Å². The number of nitrogens with zero attached hydrogens (tertiary/aromatic N) is 5. The molecule has 144 valence electrons. The molecular formula is C19H26N6O2. The van der Waals surface area contributed by atoms with E-state index in [-0.39, 0.29) is 12.2 Å². The van der Waals surface area contributed by atoms with Crippen LogP contribution < -0.4 is 4.74 Å². The van der Waals surface area contributed by atoms with Crippen molar-refractivity contribution < 1.29 is 9.47 Å². The number of aromatic amines is 1. The first kappa shape index (κ1) is 19.0. The number of aromatic nitrogens is 3. The summed E-state index contributed by atoms with van der Waals surface area (Å²) in [6, 6.07) is 1.88. The van der Waals surface area contributed by atoms with E-state index in [1.165, 1.54) is 0 Å². The summed E-state index contributed by atoms with van der Waals surface area (Å²) in [6.45, 7) is 9.32. The van der Waals surface area contributed by atoms with Crippen LogP contribution in [0.15, 0.2) is 34.1 Å². The van der Waals surface area contributed by atoms with Crippen LogP contribution in [0.1, 0.15) is 26.0 Å². The number of hydrogen-bond acceptors (Lipinski definition) is 7. The lowest BCUT2D eigenvalue weighted by molar-refractivity contribution is 0.111. The number of aliphatic imine (C=N–C) groups is 2. The molecule has 0 bridgehead atoms. The fraction of sp³-hybridized carbons (Fsp3) is 0.474. The number of likely N-dealkylation sites (tertiary alicyclic amines) is 1. The van der Waals surface area contributed by atoms with Crippen molar-refractivity contribution in [3.63, 3.8) is 0 Å². The van der Waals surface area contributed by atoms with Gasteiger partial charge in [-0.3, -0.25) is 10.1 Å². The molecule has 3 rings (SSSR count). The summed E-state index contributed by atoms with van der Waals surface area (Å²) in [5.41, 5.74) is 2.27. The Morgan fingerprint density at radius 1 is 1.48 bits per heavy atom. The van der Waals surface area contributed by atoms with Gasteiger partial charge in [-0.25, -0.2) is 9.98 Å². The molecule has 0 spiro atoms. The number of fused-ring (bicyclic) bond motifs is 1. The topological polar surface area (TPSA) is 88.0 Å². The molecule has 0 amide bonds. The first-order valence-corrected chi connectivity index (χ1v) is 8.99. The quantitative estimate of drug-likeness (QED) is 0.756. The average Bonchev–Trinajstić information content (AvgIpc) is 3.29. The van der Waals surface area contributed by atoms with Gasteiger partial charge in [0.25, 0.3) is 0 Å². The monoisotopic (exact) mass is 370 g/mol. The van der Waals surface area contributed by atoms with Crippen LogP contribution in [0.2, 0.25) is 0 Å². The van der Waals surface area contributed by atoms with E-state index in [1.54, 1.807) is 20.4 Å². The molecule has 1 aliphatic heterocycles. The third-order valence-electron chi connectivity index (χ3n) is 4.49. The summed E-state index contributed by atoms with van der Waals surface area (Å²) in [5, 5.41) is 8.33. The van der Waals surface area contributed by atoms with Gasteiger partial charge in [0.15, 0.2) is 0 Å². The van der Waals surface area contributed by atoms with Gasteiger partial charge in [-0.2, -0.15) is 5.10 Å². The Hall–Kier alpha value is -2.74. The Balaban J connectivity index is 1.94. The van der Waals surface area contributed by atoms with Crippen molar-refractivity contribution in [1.29, 1.82) is 0 Å². The number of hydrogen-bond donors (Lipinski definition) is 1. The van der Waals surface area contributed by atoms with Crippen molar-refractivity contribution in [2.75, 3.05) is 27.2 Å². The maximum absolute atomic E-state index is 5.71. The van der Waals surface area contributed by atoms with E-state index in [0.717, 1.165) is 41.9 Å². The Morgan fingerprint density at radius 2 is 2.30 bits per heavy atom. The molecule has 0 unspecified atom stereocenters. The normalized spacial score (nSPS) is 18.6. The Morgan fingerprint density at radius 3 is 2.93 bits per heavy atom. The summed E-state index contributed by atoms with van der Waals surface area (Å²) in [4.78, 5) is 15.1. The lowest BCUT2D eigenvalue weighted by Gasteiger charge is -2.18. The molecule has 1 fully saturated rings. The Bertz CT molecular complexity index is 870. The van der Waals surface area contributed by atoms with Gasteiger partial charge in [0.2, 0.25) is 5.88 Å². The molecule has 0 saturated carbocycles. The van der Waals surface area contributed by atoms with Crippen molar-refractivity contribution in [1.82, 2.24) is 20.1 Å². The van der Waals surface area contributed by atoms with Gasteiger partial charge in [-0.15, -0.1) is 0 Å². The van der Waals surface area contributed by atoms with Gasteiger partial charge in [0.1, 0.15) is 11.5 Å². The number of allylic oxidation sites excluding steroid dienone is 1. The van der Waals surface area contributed by atoms with Crippen LogP contribution in [0.4, 0.5) is 0 Å². The van der Waals surface area contributed by atoms with Crippen molar-refractivity contribution in [2.45, 2.75) is 32.5 Å². The fourth-order valence-electron chi connectivity index (χ4n) is 3.13. The van der Waals surface area contributed by atoms with Crippen LogP contribution in [0, 0.1) is 0 Å². The van der Waals surface area contributed by atoms with E-state index < -0.39 is 0 Å². The number of rotatable bonds is 7. The first-order chi connectivity index (χ1) is 13.0. The maximum Gasteiger partial charge on any atom is 0.214 e. The molecule has 3 heterocycles. The lowest BCUT2D eigenvalue weighted by atomic mass is 10.1. The van der Waals surface area contributed by atoms with Crippen molar-refractivity contribution in [3.05, 3.63) is 29.9 Å². The van der Waals surface area contributed by atoms with E-state index in [0.29, 0.717) is 11.6 Å². The second-order valence-corrected chi connectivity index (χ2v) is 6.67. The standard InChI is InChI=1S/C19H26N6O2/c1-12(2)27-18-8-14-16(10-22-18)23-24-19(14)15(20-3)9-17(21-4)25-7-6-13(11-25)26-5/h8-10,12-13H,4,6-7,11H2,1-3,5H3,(H,23,24)/b17-9+,20-15?/t13-/m0/s1. The summed E-state index contributed by atoms with van der Waals surface area (Å²) >= 11 is 0. The van der Waals surface area contributed by atoms with Crippen LogP contribution in [0.25, 0.3) is 10.9 Å². The van der Waals surface area contributed by atoms with Crippen LogP contribution in [-0.2, 0) is 4.74 Å². The Labute approximate surface area is 159 Å². The number of ether oxygens (including phenoxy) is 2. The minimum atomic E-state index is 0.0463. The van der Waals surface area contributed by atoms with Gasteiger partial charge < -0.3 is 14.4 Å². The zero-order valence-corrected chi connectivity index (χ0v) is 16.3. The molecule has 0 aliphatic carbocycles. The first-order valence-electron chi connectivity index (χ1n) is 8.99. The minimum absolute atomic E-state index is 0.0463. The number of H-pyrrole nitrogens is 1. The molecule has 1 saturated heterocycles. The predicted molar refractivity (Wildman–Crippen MR) is 107 cm³/mol. The second-order valence-electron chi connectivity index (χ2n) is 6.67. The second kappa shape index (κ2) is 8.30. The summed E-state index contributed by atoms with van der Waals surface area (Å²) in [7, 11) is 3.47. The highest BCUT2D eigenvalue weighted by Crippen LogP contribution is 2.23. The molecule has 2 aromatic heterocycles. The fourth-order valence-corrected chi connectivity index (χ4v) is 3.13. The van der Waals surface area contributed by atoms with Crippen LogP contribution in [0.5, 0.6) is 5.88 Å². The zero-order chi connectivity index (χ0) is 19.4. The van der Waals surface area contributed by atoms with Crippen LogP contribution in [0.3, 0.4) is 0 Å². The molecule has 1 N–H and O–H groups in total. The van der Waals surface area contributed by atoms with Gasteiger partial charge in [-0.05, 0) is 27.0 Å². The summed E-state index contributed by atoms with van der Waals surface area (Å²) in [6.07, 6.45) is 4.85.